The minimum absolute atomic E-state index is 0.249. The molecule has 0 bridgehead atoms. The van der Waals surface area contributed by atoms with Crippen LogP contribution in [0.25, 0.3) is 0 Å². The maximum Gasteiger partial charge on any atom is 0.257 e. The molecule has 0 aromatic heterocycles. The molecule has 0 atom stereocenters. The van der Waals surface area contributed by atoms with E-state index in [0.29, 0.717) is 16.3 Å². The van der Waals surface area contributed by atoms with Gasteiger partial charge in [0.2, 0.25) is 0 Å². The van der Waals surface area contributed by atoms with Crippen molar-refractivity contribution in [2.45, 2.75) is 13.8 Å². The van der Waals surface area contributed by atoms with E-state index in [2.05, 4.69) is 5.32 Å². The largest absolute Gasteiger partial charge is 0.495 e. The SMILES string of the molecule is COc1cccc(C(=O)Nc2ccc(C)cc2C)c1Cl. The molecule has 2 aromatic rings. The van der Waals surface area contributed by atoms with Crippen LogP contribution in [0.1, 0.15) is 21.5 Å². The topological polar surface area (TPSA) is 38.3 Å². The number of rotatable bonds is 3. The molecule has 0 radical (unpaired) electrons. The van der Waals surface area contributed by atoms with Crippen LogP contribution < -0.4 is 10.1 Å². The first-order valence-electron chi connectivity index (χ1n) is 6.24. The molecule has 104 valence electrons. The summed E-state index contributed by atoms with van der Waals surface area (Å²) in [6, 6.07) is 11.0. The molecule has 0 aliphatic rings. The number of anilines is 1. The van der Waals surface area contributed by atoms with Crippen LogP contribution in [-0.4, -0.2) is 13.0 Å². The zero-order chi connectivity index (χ0) is 14.7. The van der Waals surface area contributed by atoms with Crippen LogP contribution >= 0.6 is 11.6 Å². The van der Waals surface area contributed by atoms with Crippen LogP contribution in [0.15, 0.2) is 36.4 Å². The van der Waals surface area contributed by atoms with E-state index in [-0.39, 0.29) is 5.91 Å². The van der Waals surface area contributed by atoms with Gasteiger partial charge in [0.05, 0.1) is 17.7 Å². The van der Waals surface area contributed by atoms with Gasteiger partial charge in [-0.15, -0.1) is 0 Å². The van der Waals surface area contributed by atoms with Crippen LogP contribution in [0.2, 0.25) is 5.02 Å². The highest BCUT2D eigenvalue weighted by atomic mass is 35.5. The number of nitrogens with one attached hydrogen (secondary N) is 1. The first-order chi connectivity index (χ1) is 9.52. The summed E-state index contributed by atoms with van der Waals surface area (Å²) in [5, 5.41) is 3.18. The lowest BCUT2D eigenvalue weighted by molar-refractivity contribution is 0.102. The third-order valence-corrected chi connectivity index (χ3v) is 3.45. The Bertz CT molecular complexity index is 653. The second-order valence-corrected chi connectivity index (χ2v) is 4.97. The third-order valence-electron chi connectivity index (χ3n) is 3.06. The molecule has 3 nitrogen and oxygen atoms in total. The van der Waals surface area contributed by atoms with E-state index in [1.165, 1.54) is 7.11 Å². The minimum atomic E-state index is -0.249. The van der Waals surface area contributed by atoms with E-state index in [9.17, 15) is 4.79 Å². The predicted molar refractivity (Wildman–Crippen MR) is 81.9 cm³/mol. The molecule has 0 spiro atoms. The number of carbonyl (C=O) groups is 1. The van der Waals surface area contributed by atoms with Gasteiger partial charge in [-0.3, -0.25) is 4.79 Å². The Balaban J connectivity index is 2.28. The molecule has 0 heterocycles. The normalized spacial score (nSPS) is 10.2. The summed E-state index contributed by atoms with van der Waals surface area (Å²) in [5.41, 5.74) is 3.34. The Hall–Kier alpha value is -2.00. The maximum atomic E-state index is 12.3. The summed E-state index contributed by atoms with van der Waals surface area (Å²) < 4.78 is 5.11. The molecule has 0 aliphatic carbocycles. The molecule has 0 unspecified atom stereocenters. The van der Waals surface area contributed by atoms with E-state index in [1.54, 1.807) is 18.2 Å². The number of halogens is 1. The van der Waals surface area contributed by atoms with Crippen molar-refractivity contribution in [3.05, 3.63) is 58.1 Å². The van der Waals surface area contributed by atoms with Crippen molar-refractivity contribution in [1.82, 2.24) is 0 Å². The summed E-state index contributed by atoms with van der Waals surface area (Å²) in [6.07, 6.45) is 0. The van der Waals surface area contributed by atoms with Gasteiger partial charge >= 0.3 is 0 Å². The van der Waals surface area contributed by atoms with Crippen LogP contribution in [0.4, 0.5) is 5.69 Å². The molecule has 1 amide bonds. The summed E-state index contributed by atoms with van der Waals surface area (Å²) >= 11 is 6.15. The molecule has 0 saturated heterocycles. The molecule has 0 aliphatic heterocycles. The Morgan fingerprint density at radius 3 is 2.60 bits per heavy atom. The van der Waals surface area contributed by atoms with Gasteiger partial charge in [0.1, 0.15) is 5.75 Å². The second kappa shape index (κ2) is 5.97. The van der Waals surface area contributed by atoms with Gasteiger partial charge in [-0.05, 0) is 37.6 Å². The van der Waals surface area contributed by atoms with Gasteiger partial charge in [-0.25, -0.2) is 0 Å². The summed E-state index contributed by atoms with van der Waals surface area (Å²) in [6.45, 7) is 3.97. The zero-order valence-electron chi connectivity index (χ0n) is 11.7. The molecule has 0 saturated carbocycles. The Labute approximate surface area is 123 Å². The number of hydrogen-bond donors (Lipinski definition) is 1. The fourth-order valence-electron chi connectivity index (χ4n) is 1.99. The lowest BCUT2D eigenvalue weighted by atomic mass is 10.1. The van der Waals surface area contributed by atoms with Gasteiger partial charge in [-0.2, -0.15) is 0 Å². The van der Waals surface area contributed by atoms with E-state index in [4.69, 9.17) is 16.3 Å². The number of methoxy groups -OCH3 is 1. The highest BCUT2D eigenvalue weighted by Crippen LogP contribution is 2.28. The van der Waals surface area contributed by atoms with Crippen molar-refractivity contribution in [1.29, 1.82) is 0 Å². The lowest BCUT2D eigenvalue weighted by Crippen LogP contribution is -2.13. The van der Waals surface area contributed by atoms with Crippen molar-refractivity contribution in [3.8, 4) is 5.75 Å². The highest BCUT2D eigenvalue weighted by Gasteiger charge is 2.14. The van der Waals surface area contributed by atoms with Crippen molar-refractivity contribution in [3.63, 3.8) is 0 Å². The zero-order valence-corrected chi connectivity index (χ0v) is 12.4. The van der Waals surface area contributed by atoms with Crippen LogP contribution in [0.5, 0.6) is 5.75 Å². The van der Waals surface area contributed by atoms with Crippen molar-refractivity contribution in [2.75, 3.05) is 12.4 Å². The number of aryl methyl sites for hydroxylation is 2. The standard InChI is InChI=1S/C16H16ClNO2/c1-10-7-8-13(11(2)9-10)18-16(19)12-5-4-6-14(20-3)15(12)17/h4-9H,1-3H3,(H,18,19). The lowest BCUT2D eigenvalue weighted by Gasteiger charge is -2.11. The first-order valence-corrected chi connectivity index (χ1v) is 6.62. The monoisotopic (exact) mass is 289 g/mol. The van der Waals surface area contributed by atoms with Gasteiger partial charge in [0, 0.05) is 5.69 Å². The molecular weight excluding hydrogens is 274 g/mol. The Morgan fingerprint density at radius 2 is 1.95 bits per heavy atom. The number of ether oxygens (including phenoxy) is 1. The molecule has 4 heteroatoms. The molecular formula is C16H16ClNO2. The van der Waals surface area contributed by atoms with Crippen molar-refractivity contribution >= 4 is 23.2 Å². The van der Waals surface area contributed by atoms with Gasteiger partial charge in [0.25, 0.3) is 5.91 Å². The van der Waals surface area contributed by atoms with Crippen molar-refractivity contribution < 1.29 is 9.53 Å². The minimum Gasteiger partial charge on any atom is -0.495 e. The van der Waals surface area contributed by atoms with Crippen LogP contribution in [0.3, 0.4) is 0 Å². The third kappa shape index (κ3) is 2.94. The van der Waals surface area contributed by atoms with E-state index in [0.717, 1.165) is 16.8 Å². The van der Waals surface area contributed by atoms with Gasteiger partial charge in [0.15, 0.2) is 0 Å². The molecule has 20 heavy (non-hydrogen) atoms. The molecule has 2 rings (SSSR count). The van der Waals surface area contributed by atoms with Gasteiger partial charge < -0.3 is 10.1 Å². The molecule has 0 fully saturated rings. The summed E-state index contributed by atoms with van der Waals surface area (Å²) in [7, 11) is 1.52. The Kier molecular flexibility index (Phi) is 4.30. The fourth-order valence-corrected chi connectivity index (χ4v) is 2.28. The average molecular weight is 290 g/mol. The number of hydrogen-bond acceptors (Lipinski definition) is 2. The summed E-state index contributed by atoms with van der Waals surface area (Å²) in [5.74, 6) is 0.237. The quantitative estimate of drug-likeness (QED) is 0.919. The van der Waals surface area contributed by atoms with E-state index >= 15 is 0 Å². The first kappa shape index (κ1) is 14.4. The Morgan fingerprint density at radius 1 is 1.20 bits per heavy atom. The number of amides is 1. The summed E-state index contributed by atoms with van der Waals surface area (Å²) in [4.78, 5) is 12.3. The van der Waals surface area contributed by atoms with E-state index in [1.807, 2.05) is 32.0 Å². The smallest absolute Gasteiger partial charge is 0.257 e. The van der Waals surface area contributed by atoms with Crippen LogP contribution in [0, 0.1) is 13.8 Å². The van der Waals surface area contributed by atoms with Crippen LogP contribution in [-0.2, 0) is 0 Å². The van der Waals surface area contributed by atoms with E-state index < -0.39 is 0 Å². The average Bonchev–Trinajstić information content (AvgIpc) is 2.42. The molecule has 2 aromatic carbocycles. The second-order valence-electron chi connectivity index (χ2n) is 4.59. The van der Waals surface area contributed by atoms with Gasteiger partial charge in [-0.1, -0.05) is 35.4 Å². The molecule has 1 N–H and O–H groups in total. The number of benzene rings is 2. The highest BCUT2D eigenvalue weighted by molar-refractivity contribution is 6.35. The predicted octanol–water partition coefficient (Wildman–Crippen LogP) is 4.22. The maximum absolute atomic E-state index is 12.3. The number of carbonyl (C=O) groups excluding carboxylic acids is 1. The van der Waals surface area contributed by atoms with Crippen molar-refractivity contribution in [2.24, 2.45) is 0 Å². The fraction of sp³-hybridized carbons (Fsp3) is 0.188.